The van der Waals surface area contributed by atoms with E-state index in [4.69, 9.17) is 22.1 Å². The van der Waals surface area contributed by atoms with Crippen LogP contribution in [0.3, 0.4) is 0 Å². The zero-order valence-electron chi connectivity index (χ0n) is 12.6. The number of guanidine groups is 1. The van der Waals surface area contributed by atoms with Crippen molar-refractivity contribution in [2.24, 2.45) is 16.1 Å². The number of nitrogens with two attached hydrogens (primary N) is 1. The number of rotatable bonds is 6. The summed E-state index contributed by atoms with van der Waals surface area (Å²) in [5.41, 5.74) is 6.30. The molecule has 122 valence electrons. The molecule has 6 nitrogen and oxygen atoms in total. The van der Waals surface area contributed by atoms with E-state index >= 15 is 0 Å². The fraction of sp³-hybridized carbons (Fsp3) is 0.500. The molecule has 1 aromatic carbocycles. The topological polar surface area (TPSA) is 93.8 Å². The van der Waals surface area contributed by atoms with E-state index in [2.05, 4.69) is 10.3 Å². The largest absolute Gasteiger partial charge is 0.495 e. The van der Waals surface area contributed by atoms with Gasteiger partial charge in [-0.25, -0.2) is 8.42 Å². The van der Waals surface area contributed by atoms with Crippen molar-refractivity contribution >= 4 is 33.1 Å². The summed E-state index contributed by atoms with van der Waals surface area (Å²) in [6, 6.07) is 5.19. The Hall–Kier alpha value is -1.47. The number of anilines is 1. The predicted octanol–water partition coefficient (Wildman–Crippen LogP) is 1.90. The monoisotopic (exact) mass is 345 g/mol. The van der Waals surface area contributed by atoms with Gasteiger partial charge in [-0.3, -0.25) is 4.99 Å². The molecule has 0 aromatic heterocycles. The van der Waals surface area contributed by atoms with Crippen molar-refractivity contribution in [3.63, 3.8) is 0 Å². The summed E-state index contributed by atoms with van der Waals surface area (Å²) in [6.07, 6.45) is 2.98. The minimum Gasteiger partial charge on any atom is -0.495 e. The number of sulfone groups is 1. The summed E-state index contributed by atoms with van der Waals surface area (Å²) in [4.78, 5) is 4.25. The van der Waals surface area contributed by atoms with Crippen LogP contribution in [0.5, 0.6) is 5.75 Å². The number of nitrogens with zero attached hydrogens (tertiary/aromatic N) is 1. The molecular formula is C14H20ClN3O3S. The predicted molar refractivity (Wildman–Crippen MR) is 89.5 cm³/mol. The number of halogens is 1. The van der Waals surface area contributed by atoms with Crippen molar-refractivity contribution in [2.45, 2.75) is 12.8 Å². The van der Waals surface area contributed by atoms with E-state index in [1.54, 1.807) is 25.3 Å². The maximum Gasteiger partial charge on any atom is 0.193 e. The lowest BCUT2D eigenvalue weighted by molar-refractivity contribution is 0.415. The molecule has 1 saturated carbocycles. The Kier molecular flexibility index (Phi) is 4.87. The van der Waals surface area contributed by atoms with E-state index in [-0.39, 0.29) is 17.1 Å². The molecule has 0 saturated heterocycles. The van der Waals surface area contributed by atoms with Gasteiger partial charge in [-0.1, -0.05) is 11.6 Å². The minimum atomic E-state index is -3.00. The molecule has 8 heteroatoms. The van der Waals surface area contributed by atoms with E-state index in [0.717, 1.165) is 12.8 Å². The highest BCUT2D eigenvalue weighted by Gasteiger charge is 2.45. The average Bonchev–Trinajstić information content (AvgIpc) is 3.15. The molecule has 1 fully saturated rings. The smallest absolute Gasteiger partial charge is 0.193 e. The number of aliphatic imine (C=N–C) groups is 1. The fourth-order valence-electron chi connectivity index (χ4n) is 2.27. The summed E-state index contributed by atoms with van der Waals surface area (Å²) in [5, 5.41) is 3.40. The van der Waals surface area contributed by atoms with Crippen molar-refractivity contribution in [2.75, 3.05) is 31.0 Å². The second-order valence-electron chi connectivity index (χ2n) is 5.75. The van der Waals surface area contributed by atoms with Gasteiger partial charge in [0.05, 0.1) is 17.9 Å². The first-order chi connectivity index (χ1) is 10.2. The number of benzene rings is 1. The van der Waals surface area contributed by atoms with Crippen molar-refractivity contribution < 1.29 is 13.2 Å². The summed E-state index contributed by atoms with van der Waals surface area (Å²) < 4.78 is 27.9. The molecule has 0 amide bonds. The van der Waals surface area contributed by atoms with E-state index < -0.39 is 9.84 Å². The van der Waals surface area contributed by atoms with Gasteiger partial charge in [0.15, 0.2) is 5.96 Å². The van der Waals surface area contributed by atoms with Crippen LogP contribution in [0.2, 0.25) is 5.02 Å². The molecule has 1 aliphatic carbocycles. The zero-order valence-corrected chi connectivity index (χ0v) is 14.2. The van der Waals surface area contributed by atoms with Crippen molar-refractivity contribution in [1.82, 2.24) is 0 Å². The van der Waals surface area contributed by atoms with Crippen LogP contribution in [0, 0.1) is 5.41 Å². The summed E-state index contributed by atoms with van der Waals surface area (Å²) in [5.74, 6) is 0.972. The van der Waals surface area contributed by atoms with Crippen LogP contribution in [0.1, 0.15) is 12.8 Å². The second kappa shape index (κ2) is 6.34. The average molecular weight is 346 g/mol. The van der Waals surface area contributed by atoms with E-state index in [1.165, 1.54) is 6.26 Å². The van der Waals surface area contributed by atoms with Crippen molar-refractivity contribution in [1.29, 1.82) is 0 Å². The quantitative estimate of drug-likeness (QED) is 0.606. The molecule has 0 aliphatic heterocycles. The minimum absolute atomic E-state index is 0.158. The molecule has 1 aromatic rings. The first-order valence-electron chi connectivity index (χ1n) is 6.81. The van der Waals surface area contributed by atoms with Crippen LogP contribution in [0.4, 0.5) is 5.69 Å². The number of hydrogen-bond donors (Lipinski definition) is 2. The maximum absolute atomic E-state index is 11.4. The van der Waals surface area contributed by atoms with Crippen LogP contribution in [0.25, 0.3) is 0 Å². The van der Waals surface area contributed by atoms with Crippen LogP contribution in [0.15, 0.2) is 23.2 Å². The van der Waals surface area contributed by atoms with Crippen LogP contribution in [-0.2, 0) is 9.84 Å². The standard InChI is InChI=1S/C14H20ClN3O3S/c1-21-12-4-3-10(7-11(12)15)18-13(16)17-8-14(5-6-14)9-22(2,19)20/h3-4,7H,5-6,8-9H2,1-2H3,(H3,16,17,18). The molecule has 22 heavy (non-hydrogen) atoms. The molecule has 0 heterocycles. The lowest BCUT2D eigenvalue weighted by Gasteiger charge is -2.12. The molecule has 3 N–H and O–H groups in total. The third-order valence-corrected chi connectivity index (χ3v) is 4.97. The highest BCUT2D eigenvalue weighted by molar-refractivity contribution is 7.90. The first kappa shape index (κ1) is 16.9. The Morgan fingerprint density at radius 2 is 2.18 bits per heavy atom. The third kappa shape index (κ3) is 4.78. The van der Waals surface area contributed by atoms with Crippen molar-refractivity contribution in [3.05, 3.63) is 23.2 Å². The van der Waals surface area contributed by atoms with Gasteiger partial charge in [-0.15, -0.1) is 0 Å². The molecule has 0 radical (unpaired) electrons. The molecule has 0 bridgehead atoms. The van der Waals surface area contributed by atoms with Gasteiger partial charge in [-0.2, -0.15) is 0 Å². The molecule has 2 rings (SSSR count). The molecule has 0 spiro atoms. The highest BCUT2D eigenvalue weighted by atomic mass is 35.5. The molecule has 0 unspecified atom stereocenters. The Bertz CT molecular complexity index is 685. The van der Waals surface area contributed by atoms with E-state index in [0.29, 0.717) is 23.0 Å². The van der Waals surface area contributed by atoms with E-state index in [1.807, 2.05) is 0 Å². The number of nitrogens with one attached hydrogen (secondary N) is 1. The normalized spacial score (nSPS) is 17.1. The Balaban J connectivity index is 1.97. The summed E-state index contributed by atoms with van der Waals surface area (Å²) in [6.45, 7) is 0.406. The third-order valence-electron chi connectivity index (χ3n) is 3.53. The van der Waals surface area contributed by atoms with Crippen LogP contribution in [-0.4, -0.2) is 40.0 Å². The number of methoxy groups -OCH3 is 1. The maximum atomic E-state index is 11.4. The number of ether oxygens (including phenoxy) is 1. The number of hydrogen-bond acceptors (Lipinski definition) is 4. The lowest BCUT2D eigenvalue weighted by Crippen LogP contribution is -2.26. The van der Waals surface area contributed by atoms with Crippen molar-refractivity contribution in [3.8, 4) is 5.75 Å². The molecule has 0 atom stereocenters. The Morgan fingerprint density at radius 1 is 1.50 bits per heavy atom. The molecule has 1 aliphatic rings. The van der Waals surface area contributed by atoms with Crippen LogP contribution >= 0.6 is 11.6 Å². The first-order valence-corrected chi connectivity index (χ1v) is 9.25. The highest BCUT2D eigenvalue weighted by Crippen LogP contribution is 2.46. The van der Waals surface area contributed by atoms with Gasteiger partial charge in [0, 0.05) is 23.9 Å². The Labute approximate surface area is 135 Å². The zero-order chi connectivity index (χ0) is 16.4. The van der Waals surface area contributed by atoms with Crippen LogP contribution < -0.4 is 15.8 Å². The van der Waals surface area contributed by atoms with Gasteiger partial charge in [0.1, 0.15) is 15.6 Å². The van der Waals surface area contributed by atoms with Gasteiger partial charge in [0.25, 0.3) is 0 Å². The second-order valence-corrected chi connectivity index (χ2v) is 8.29. The fourth-order valence-corrected chi connectivity index (χ4v) is 4.02. The lowest BCUT2D eigenvalue weighted by atomic mass is 10.1. The van der Waals surface area contributed by atoms with Gasteiger partial charge in [-0.05, 0) is 31.0 Å². The summed E-state index contributed by atoms with van der Waals surface area (Å²) >= 11 is 6.03. The van der Waals surface area contributed by atoms with Gasteiger partial charge >= 0.3 is 0 Å². The van der Waals surface area contributed by atoms with Gasteiger partial charge in [0.2, 0.25) is 0 Å². The SMILES string of the molecule is COc1ccc(NC(N)=NCC2(CS(C)(=O)=O)CC2)cc1Cl. The Morgan fingerprint density at radius 3 is 2.68 bits per heavy atom. The van der Waals surface area contributed by atoms with Gasteiger partial charge < -0.3 is 15.8 Å². The summed E-state index contributed by atoms with van der Waals surface area (Å²) in [7, 11) is -1.46. The van der Waals surface area contributed by atoms with E-state index in [9.17, 15) is 8.42 Å². The molecular weight excluding hydrogens is 326 g/mol.